The van der Waals surface area contributed by atoms with Gasteiger partial charge < -0.3 is 21.5 Å². The first-order chi connectivity index (χ1) is 7.41. The number of aliphatic hydroxyl groups excluding tert-OH is 1. The number of nitrogen functional groups attached to an aromatic ring is 1. The second kappa shape index (κ2) is 4.80. The Hall–Kier alpha value is -1.82. The van der Waals surface area contributed by atoms with E-state index >= 15 is 0 Å². The zero-order valence-corrected chi connectivity index (χ0v) is 9.34. The number of anilines is 2. The van der Waals surface area contributed by atoms with E-state index in [0.29, 0.717) is 12.4 Å². The van der Waals surface area contributed by atoms with Crippen LogP contribution in [-0.2, 0) is 0 Å². The van der Waals surface area contributed by atoms with Gasteiger partial charge in [-0.15, -0.1) is 0 Å². The summed E-state index contributed by atoms with van der Waals surface area (Å²) in [5.41, 5.74) is 11.2. The summed E-state index contributed by atoms with van der Waals surface area (Å²) < 4.78 is 0. The molecule has 1 aromatic heterocycles. The van der Waals surface area contributed by atoms with Crippen LogP contribution in [0.15, 0.2) is 12.3 Å². The van der Waals surface area contributed by atoms with E-state index in [-0.39, 0.29) is 11.3 Å². The molecule has 0 aliphatic heterocycles. The Morgan fingerprint density at radius 2 is 2.31 bits per heavy atom. The van der Waals surface area contributed by atoms with Gasteiger partial charge in [0, 0.05) is 13.6 Å². The van der Waals surface area contributed by atoms with Crippen LogP contribution in [0.5, 0.6) is 0 Å². The average Bonchev–Trinajstić information content (AvgIpc) is 2.16. The summed E-state index contributed by atoms with van der Waals surface area (Å²) in [7, 11) is 1.76. The van der Waals surface area contributed by atoms with E-state index in [1.165, 1.54) is 12.3 Å². The van der Waals surface area contributed by atoms with Gasteiger partial charge in [0.25, 0.3) is 5.91 Å². The first kappa shape index (κ1) is 12.3. The molecule has 0 aliphatic carbocycles. The van der Waals surface area contributed by atoms with Gasteiger partial charge in [0.15, 0.2) is 0 Å². The molecule has 0 fully saturated rings. The number of amides is 1. The molecule has 1 unspecified atom stereocenters. The van der Waals surface area contributed by atoms with Gasteiger partial charge in [-0.3, -0.25) is 4.79 Å². The third-order valence-corrected chi connectivity index (χ3v) is 2.11. The molecule has 5 N–H and O–H groups in total. The lowest BCUT2D eigenvalue weighted by molar-refractivity contribution is 0.100. The Bertz CT molecular complexity index is 392. The maximum absolute atomic E-state index is 11.1. The van der Waals surface area contributed by atoms with Gasteiger partial charge in [-0.05, 0) is 13.0 Å². The van der Waals surface area contributed by atoms with E-state index in [4.69, 9.17) is 11.5 Å². The minimum atomic E-state index is -0.591. The molecule has 16 heavy (non-hydrogen) atoms. The van der Waals surface area contributed by atoms with Gasteiger partial charge in [-0.1, -0.05) is 0 Å². The van der Waals surface area contributed by atoms with Crippen molar-refractivity contribution in [1.29, 1.82) is 0 Å². The second-order valence-corrected chi connectivity index (χ2v) is 3.72. The molecule has 6 nitrogen and oxygen atoms in total. The van der Waals surface area contributed by atoms with Crippen LogP contribution in [0.4, 0.5) is 11.5 Å². The normalized spacial score (nSPS) is 12.2. The molecule has 88 valence electrons. The van der Waals surface area contributed by atoms with Crippen molar-refractivity contribution in [3.05, 3.63) is 17.8 Å². The summed E-state index contributed by atoms with van der Waals surface area (Å²) in [6.07, 6.45) is 0.898. The van der Waals surface area contributed by atoms with Crippen molar-refractivity contribution < 1.29 is 9.90 Å². The Balaban J connectivity index is 2.98. The molecule has 0 bridgehead atoms. The lowest BCUT2D eigenvalue weighted by atomic mass is 10.2. The number of likely N-dealkylation sites (N-methyl/N-ethyl adjacent to an activating group) is 1. The van der Waals surface area contributed by atoms with Crippen LogP contribution in [0.1, 0.15) is 17.3 Å². The van der Waals surface area contributed by atoms with Crippen LogP contribution in [0, 0.1) is 0 Å². The van der Waals surface area contributed by atoms with Crippen LogP contribution in [0.25, 0.3) is 0 Å². The fourth-order valence-electron chi connectivity index (χ4n) is 1.37. The second-order valence-electron chi connectivity index (χ2n) is 3.72. The zero-order chi connectivity index (χ0) is 12.3. The number of carbonyl (C=O) groups is 1. The molecule has 1 rings (SSSR count). The molecule has 1 amide bonds. The van der Waals surface area contributed by atoms with E-state index < -0.39 is 12.0 Å². The first-order valence-electron chi connectivity index (χ1n) is 4.86. The summed E-state index contributed by atoms with van der Waals surface area (Å²) in [6.45, 7) is 2.08. The molecule has 0 aromatic carbocycles. The Morgan fingerprint density at radius 3 is 2.81 bits per heavy atom. The molecule has 0 aliphatic rings. The van der Waals surface area contributed by atoms with Gasteiger partial charge in [0.05, 0.1) is 23.6 Å². The van der Waals surface area contributed by atoms with Gasteiger partial charge in [0.2, 0.25) is 0 Å². The maximum atomic E-state index is 11.1. The van der Waals surface area contributed by atoms with Crippen LogP contribution >= 0.6 is 0 Å². The molecule has 0 saturated heterocycles. The standard InChI is InChI=1S/C10H16N4O2/c1-6(15)5-14(2)9-3-7(10(12)16)8(11)4-13-9/h3-4,6,15H,5,11H2,1-2H3,(H2,12,16). The smallest absolute Gasteiger partial charge is 0.250 e. The van der Waals surface area contributed by atoms with Gasteiger partial charge in [-0.2, -0.15) is 0 Å². The number of pyridine rings is 1. The molecule has 0 saturated carbocycles. The molecule has 1 aromatic rings. The molecule has 0 spiro atoms. The Labute approximate surface area is 93.9 Å². The van der Waals surface area contributed by atoms with Crippen molar-refractivity contribution in [2.24, 2.45) is 5.73 Å². The highest BCUT2D eigenvalue weighted by atomic mass is 16.3. The van der Waals surface area contributed by atoms with E-state index in [1.54, 1.807) is 18.9 Å². The fourth-order valence-corrected chi connectivity index (χ4v) is 1.37. The number of nitrogens with two attached hydrogens (primary N) is 2. The minimum Gasteiger partial charge on any atom is -0.397 e. The summed E-state index contributed by atoms with van der Waals surface area (Å²) in [5.74, 6) is -0.0458. The van der Waals surface area contributed by atoms with Crippen molar-refractivity contribution in [1.82, 2.24) is 4.98 Å². The SMILES string of the molecule is CC(O)CN(C)c1cc(C(N)=O)c(N)cn1. The maximum Gasteiger partial charge on any atom is 0.250 e. The number of aromatic nitrogens is 1. The molecule has 1 atom stereocenters. The summed E-state index contributed by atoms with van der Waals surface area (Å²) >= 11 is 0. The summed E-state index contributed by atoms with van der Waals surface area (Å²) in [4.78, 5) is 16.8. The molecule has 6 heteroatoms. The number of primary amides is 1. The highest BCUT2D eigenvalue weighted by Crippen LogP contribution is 2.16. The van der Waals surface area contributed by atoms with Crippen molar-refractivity contribution in [2.45, 2.75) is 13.0 Å². The van der Waals surface area contributed by atoms with Crippen LogP contribution < -0.4 is 16.4 Å². The predicted octanol–water partition coefficient (Wildman–Crippen LogP) is -0.420. The van der Waals surface area contributed by atoms with Crippen LogP contribution in [0.3, 0.4) is 0 Å². The van der Waals surface area contributed by atoms with Gasteiger partial charge >= 0.3 is 0 Å². The third kappa shape index (κ3) is 2.83. The fraction of sp³-hybridized carbons (Fsp3) is 0.400. The Morgan fingerprint density at radius 1 is 1.69 bits per heavy atom. The molecular formula is C10H16N4O2. The lowest BCUT2D eigenvalue weighted by Crippen LogP contribution is -2.28. The number of hydrogen-bond acceptors (Lipinski definition) is 5. The monoisotopic (exact) mass is 224 g/mol. The van der Waals surface area contributed by atoms with Crippen molar-refractivity contribution in [2.75, 3.05) is 24.2 Å². The minimum absolute atomic E-state index is 0.238. The quantitative estimate of drug-likeness (QED) is 0.644. The predicted molar refractivity (Wildman–Crippen MR) is 62.1 cm³/mol. The van der Waals surface area contributed by atoms with E-state index in [0.717, 1.165) is 0 Å². The molecular weight excluding hydrogens is 208 g/mol. The van der Waals surface area contributed by atoms with Crippen molar-refractivity contribution >= 4 is 17.4 Å². The van der Waals surface area contributed by atoms with Crippen LogP contribution in [0.2, 0.25) is 0 Å². The highest BCUT2D eigenvalue weighted by Gasteiger charge is 2.11. The van der Waals surface area contributed by atoms with Gasteiger partial charge in [0.1, 0.15) is 5.82 Å². The van der Waals surface area contributed by atoms with Crippen molar-refractivity contribution in [3.63, 3.8) is 0 Å². The molecule has 1 heterocycles. The zero-order valence-electron chi connectivity index (χ0n) is 9.34. The lowest BCUT2D eigenvalue weighted by Gasteiger charge is -2.20. The van der Waals surface area contributed by atoms with Gasteiger partial charge in [-0.25, -0.2) is 4.98 Å². The number of hydrogen-bond donors (Lipinski definition) is 3. The third-order valence-electron chi connectivity index (χ3n) is 2.11. The average molecular weight is 224 g/mol. The first-order valence-corrected chi connectivity index (χ1v) is 4.86. The van der Waals surface area contributed by atoms with Crippen molar-refractivity contribution in [3.8, 4) is 0 Å². The van der Waals surface area contributed by atoms with Crippen LogP contribution in [-0.4, -0.2) is 35.7 Å². The number of nitrogens with zero attached hydrogens (tertiary/aromatic N) is 2. The number of rotatable bonds is 4. The summed E-state index contributed by atoms with van der Waals surface area (Å²) in [6, 6.07) is 1.51. The Kier molecular flexibility index (Phi) is 3.68. The van der Waals surface area contributed by atoms with E-state index in [1.807, 2.05) is 0 Å². The molecule has 0 radical (unpaired) electrons. The van der Waals surface area contributed by atoms with E-state index in [2.05, 4.69) is 4.98 Å². The topological polar surface area (TPSA) is 105 Å². The highest BCUT2D eigenvalue weighted by molar-refractivity contribution is 5.98. The largest absolute Gasteiger partial charge is 0.397 e. The van der Waals surface area contributed by atoms with E-state index in [9.17, 15) is 9.90 Å². The number of carbonyl (C=O) groups excluding carboxylic acids is 1. The summed E-state index contributed by atoms with van der Waals surface area (Å²) in [5, 5.41) is 9.23. The number of aliphatic hydroxyl groups is 1.